The van der Waals surface area contributed by atoms with Crippen molar-refractivity contribution in [2.45, 2.75) is 13.8 Å². The predicted octanol–water partition coefficient (Wildman–Crippen LogP) is 3.55. The lowest BCUT2D eigenvalue weighted by Gasteiger charge is -2.21. The number of likely N-dealkylation sites (N-methyl/N-ethyl adjacent to an activating group) is 1. The van der Waals surface area contributed by atoms with Crippen molar-refractivity contribution in [3.8, 4) is 0 Å². The highest BCUT2D eigenvalue weighted by atomic mass is 16.2. The molecule has 0 radical (unpaired) electrons. The zero-order valence-electron chi connectivity index (χ0n) is 19.8. The van der Waals surface area contributed by atoms with Crippen LogP contribution in [0.4, 0.5) is 17.1 Å². The zero-order valence-corrected chi connectivity index (χ0v) is 19.8. The minimum absolute atomic E-state index is 0.194. The number of amides is 5. The number of anilines is 3. The van der Waals surface area contributed by atoms with Crippen LogP contribution in [0.1, 0.15) is 44.9 Å². The summed E-state index contributed by atoms with van der Waals surface area (Å²) in [6.07, 6.45) is 0. The molecule has 2 N–H and O–H groups in total. The summed E-state index contributed by atoms with van der Waals surface area (Å²) in [7, 11) is 0. The summed E-state index contributed by atoms with van der Waals surface area (Å²) in [5.74, 6) is -1.90. The Hall–Kier alpha value is -4.79. The molecule has 1 aliphatic rings. The van der Waals surface area contributed by atoms with Gasteiger partial charge in [-0.1, -0.05) is 18.2 Å². The van der Waals surface area contributed by atoms with E-state index in [4.69, 9.17) is 0 Å². The van der Waals surface area contributed by atoms with E-state index < -0.39 is 23.6 Å². The van der Waals surface area contributed by atoms with Crippen LogP contribution in [0.15, 0.2) is 72.8 Å². The first-order valence-electron chi connectivity index (χ1n) is 11.3. The first kappa shape index (κ1) is 24.3. The van der Waals surface area contributed by atoms with Crippen molar-refractivity contribution in [2.24, 2.45) is 0 Å². The number of fused-ring (bicyclic) bond motifs is 1. The monoisotopic (exact) mass is 484 g/mol. The quantitative estimate of drug-likeness (QED) is 0.498. The molecule has 4 rings (SSSR count). The van der Waals surface area contributed by atoms with Crippen molar-refractivity contribution in [1.82, 2.24) is 4.90 Å². The fourth-order valence-electron chi connectivity index (χ4n) is 3.93. The van der Waals surface area contributed by atoms with Gasteiger partial charge in [-0.05, 0) is 61.5 Å². The molecule has 1 aliphatic heterocycles. The maximum Gasteiger partial charge on any atom is 0.266 e. The Morgan fingerprint density at radius 2 is 1.39 bits per heavy atom. The summed E-state index contributed by atoms with van der Waals surface area (Å²) >= 11 is 0. The van der Waals surface area contributed by atoms with Gasteiger partial charge in [0.05, 0.1) is 16.8 Å². The maximum atomic E-state index is 13.2. The van der Waals surface area contributed by atoms with Crippen molar-refractivity contribution < 1.29 is 24.0 Å². The third-order valence-corrected chi connectivity index (χ3v) is 5.64. The topological polar surface area (TPSA) is 116 Å². The summed E-state index contributed by atoms with van der Waals surface area (Å²) in [6.45, 7) is 3.23. The van der Waals surface area contributed by atoms with E-state index in [1.165, 1.54) is 17.9 Å². The molecule has 0 unspecified atom stereocenters. The van der Waals surface area contributed by atoms with Crippen LogP contribution >= 0.6 is 0 Å². The van der Waals surface area contributed by atoms with E-state index in [1.807, 2.05) is 0 Å². The summed E-state index contributed by atoms with van der Waals surface area (Å²) in [4.78, 5) is 64.9. The predicted molar refractivity (Wildman–Crippen MR) is 135 cm³/mol. The largest absolute Gasteiger partial charge is 0.330 e. The molecule has 5 amide bonds. The number of hydrogen-bond acceptors (Lipinski definition) is 5. The minimum Gasteiger partial charge on any atom is -0.330 e. The highest BCUT2D eigenvalue weighted by Crippen LogP contribution is 2.29. The molecule has 0 atom stereocenters. The first-order valence-corrected chi connectivity index (χ1v) is 11.3. The van der Waals surface area contributed by atoms with Crippen LogP contribution in [0.2, 0.25) is 0 Å². The molecule has 0 spiro atoms. The average molecular weight is 485 g/mol. The van der Waals surface area contributed by atoms with E-state index in [0.717, 1.165) is 4.90 Å². The van der Waals surface area contributed by atoms with Gasteiger partial charge < -0.3 is 15.5 Å². The van der Waals surface area contributed by atoms with Gasteiger partial charge >= 0.3 is 0 Å². The molecule has 9 nitrogen and oxygen atoms in total. The van der Waals surface area contributed by atoms with Crippen LogP contribution in [-0.4, -0.2) is 47.5 Å². The molecule has 36 heavy (non-hydrogen) atoms. The van der Waals surface area contributed by atoms with Crippen molar-refractivity contribution in [1.29, 1.82) is 0 Å². The molecule has 182 valence electrons. The molecule has 0 aromatic heterocycles. The van der Waals surface area contributed by atoms with E-state index in [2.05, 4.69) is 10.6 Å². The molecule has 3 aromatic rings. The molecular formula is C27H24N4O5. The fourth-order valence-corrected chi connectivity index (χ4v) is 3.93. The number of nitrogens with one attached hydrogen (secondary N) is 2. The molecular weight excluding hydrogens is 460 g/mol. The fraction of sp³-hybridized carbons (Fsp3) is 0.148. The Morgan fingerprint density at radius 3 is 1.94 bits per heavy atom. The third-order valence-electron chi connectivity index (χ3n) is 5.64. The Morgan fingerprint density at radius 1 is 0.806 bits per heavy atom. The van der Waals surface area contributed by atoms with E-state index in [0.29, 0.717) is 22.5 Å². The maximum absolute atomic E-state index is 13.2. The average Bonchev–Trinajstić information content (AvgIpc) is 3.13. The van der Waals surface area contributed by atoms with Crippen LogP contribution in [0, 0.1) is 0 Å². The lowest BCUT2D eigenvalue weighted by Crippen LogP contribution is -2.38. The summed E-state index contributed by atoms with van der Waals surface area (Å²) in [5, 5.41) is 5.37. The second-order valence-corrected chi connectivity index (χ2v) is 8.17. The Bertz CT molecular complexity index is 1330. The smallest absolute Gasteiger partial charge is 0.266 e. The number of benzene rings is 3. The molecule has 0 aliphatic carbocycles. The van der Waals surface area contributed by atoms with Gasteiger partial charge in [0.25, 0.3) is 17.7 Å². The lowest BCUT2D eigenvalue weighted by atomic mass is 10.1. The molecule has 0 fully saturated rings. The second-order valence-electron chi connectivity index (χ2n) is 8.17. The molecule has 9 heteroatoms. The summed E-state index contributed by atoms with van der Waals surface area (Å²) < 4.78 is 0. The summed E-state index contributed by atoms with van der Waals surface area (Å²) in [5.41, 5.74) is 2.28. The van der Waals surface area contributed by atoms with Gasteiger partial charge in [0.1, 0.15) is 6.54 Å². The molecule has 3 aromatic carbocycles. The van der Waals surface area contributed by atoms with Crippen molar-refractivity contribution in [2.75, 3.05) is 28.6 Å². The number of nitrogens with zero attached hydrogens (tertiary/aromatic N) is 2. The van der Waals surface area contributed by atoms with Crippen LogP contribution in [-0.2, 0) is 9.59 Å². The van der Waals surface area contributed by atoms with Crippen LogP contribution in [0.25, 0.3) is 0 Å². The number of carbonyl (C=O) groups excluding carboxylic acids is 5. The second kappa shape index (κ2) is 10.2. The number of hydrogen-bond donors (Lipinski definition) is 2. The molecule has 0 saturated carbocycles. The van der Waals surface area contributed by atoms with Crippen LogP contribution < -0.4 is 15.5 Å². The Kier molecular flexibility index (Phi) is 6.91. The Labute approximate surface area is 207 Å². The van der Waals surface area contributed by atoms with E-state index in [1.54, 1.807) is 73.7 Å². The van der Waals surface area contributed by atoms with Crippen molar-refractivity contribution in [3.63, 3.8) is 0 Å². The summed E-state index contributed by atoms with van der Waals surface area (Å²) in [6, 6.07) is 19.4. The standard InChI is InChI=1S/C27H24N4O5/c1-3-30(16-24(33)29-20-13-11-19(12-14-20)28-17(2)32)25(34)18-7-6-8-21(15-18)31-26(35)22-9-4-5-10-23(22)27(31)36/h4-15H,3,16H2,1-2H3,(H,28,32)(H,29,33). The zero-order chi connectivity index (χ0) is 25.8. The molecule has 0 bridgehead atoms. The third kappa shape index (κ3) is 5.00. The van der Waals surface area contributed by atoms with Gasteiger partial charge in [-0.3, -0.25) is 24.0 Å². The first-order chi connectivity index (χ1) is 17.3. The van der Waals surface area contributed by atoms with Crippen LogP contribution in [0.5, 0.6) is 0 Å². The van der Waals surface area contributed by atoms with Gasteiger partial charge in [-0.2, -0.15) is 0 Å². The molecule has 1 heterocycles. The van der Waals surface area contributed by atoms with Crippen molar-refractivity contribution in [3.05, 3.63) is 89.5 Å². The van der Waals surface area contributed by atoms with Gasteiger partial charge in [-0.15, -0.1) is 0 Å². The number of carbonyl (C=O) groups is 5. The van der Waals surface area contributed by atoms with E-state index in [9.17, 15) is 24.0 Å². The van der Waals surface area contributed by atoms with Crippen LogP contribution in [0.3, 0.4) is 0 Å². The minimum atomic E-state index is -0.448. The van der Waals surface area contributed by atoms with Gasteiger partial charge in [0.15, 0.2) is 0 Å². The number of imide groups is 1. The van der Waals surface area contributed by atoms with Gasteiger partial charge in [0.2, 0.25) is 11.8 Å². The number of rotatable bonds is 7. The van der Waals surface area contributed by atoms with E-state index >= 15 is 0 Å². The lowest BCUT2D eigenvalue weighted by molar-refractivity contribution is -0.117. The Balaban J connectivity index is 1.45. The SMILES string of the molecule is CCN(CC(=O)Nc1ccc(NC(C)=O)cc1)C(=O)c1cccc(N2C(=O)c3ccccc3C2=O)c1. The van der Waals surface area contributed by atoms with Gasteiger partial charge in [0, 0.05) is 30.4 Å². The van der Waals surface area contributed by atoms with E-state index in [-0.39, 0.29) is 30.2 Å². The van der Waals surface area contributed by atoms with Crippen molar-refractivity contribution >= 4 is 46.6 Å². The molecule has 0 saturated heterocycles. The highest BCUT2D eigenvalue weighted by Gasteiger charge is 2.36. The van der Waals surface area contributed by atoms with Gasteiger partial charge in [-0.25, -0.2) is 4.90 Å². The normalized spacial score (nSPS) is 12.2. The highest BCUT2D eigenvalue weighted by molar-refractivity contribution is 6.34.